The maximum absolute atomic E-state index is 10.5. The van der Waals surface area contributed by atoms with Crippen molar-refractivity contribution in [2.45, 2.75) is 12.2 Å². The van der Waals surface area contributed by atoms with Crippen LogP contribution in [0, 0.1) is 0 Å². The van der Waals surface area contributed by atoms with Gasteiger partial charge in [-0.3, -0.25) is 9.59 Å². The van der Waals surface area contributed by atoms with E-state index in [0.29, 0.717) is 0 Å². The molecule has 0 saturated carbocycles. The molecule has 2 amide bonds. The Kier molecular flexibility index (Phi) is 3.49. The number of hydrogen-bond donors (Lipinski definition) is 4. The molecule has 11 heavy (non-hydrogen) atoms. The average molecular weight is 162 g/mol. The van der Waals surface area contributed by atoms with Crippen molar-refractivity contribution in [2.75, 3.05) is 7.05 Å². The molecule has 0 aliphatic heterocycles. The standard InChI is InChI=1S/C5H10N2O4/c1-7-5(11)3(9)2(8)4(6)10/h2-3,8-9H,1H3,(H2,6,10)(H,7,11)/t2-,3-/m1/s1. The molecule has 0 heterocycles. The lowest BCUT2D eigenvalue weighted by atomic mass is 10.2. The van der Waals surface area contributed by atoms with Crippen LogP contribution in [0.2, 0.25) is 0 Å². The van der Waals surface area contributed by atoms with Crippen molar-refractivity contribution in [2.24, 2.45) is 5.73 Å². The first-order valence-corrected chi connectivity index (χ1v) is 2.87. The highest BCUT2D eigenvalue weighted by molar-refractivity contribution is 5.89. The van der Waals surface area contributed by atoms with Gasteiger partial charge in [0.2, 0.25) is 5.91 Å². The fourth-order valence-electron chi connectivity index (χ4n) is 0.447. The molecule has 5 N–H and O–H groups in total. The summed E-state index contributed by atoms with van der Waals surface area (Å²) in [6.45, 7) is 0. The smallest absolute Gasteiger partial charge is 0.251 e. The van der Waals surface area contributed by atoms with Gasteiger partial charge in [-0.1, -0.05) is 0 Å². The highest BCUT2D eigenvalue weighted by Gasteiger charge is 2.27. The molecule has 64 valence electrons. The molecule has 6 nitrogen and oxygen atoms in total. The van der Waals surface area contributed by atoms with Crippen molar-refractivity contribution in [3.05, 3.63) is 0 Å². The minimum Gasteiger partial charge on any atom is -0.380 e. The number of rotatable bonds is 3. The summed E-state index contributed by atoms with van der Waals surface area (Å²) in [5.74, 6) is -1.99. The number of amides is 2. The zero-order valence-corrected chi connectivity index (χ0v) is 5.94. The van der Waals surface area contributed by atoms with Crippen LogP contribution >= 0.6 is 0 Å². The van der Waals surface area contributed by atoms with Gasteiger partial charge >= 0.3 is 0 Å². The van der Waals surface area contributed by atoms with E-state index in [4.69, 9.17) is 10.2 Å². The van der Waals surface area contributed by atoms with Gasteiger partial charge in [0.1, 0.15) is 0 Å². The molecule has 0 aromatic heterocycles. The van der Waals surface area contributed by atoms with E-state index in [9.17, 15) is 9.59 Å². The zero-order chi connectivity index (χ0) is 9.02. The quantitative estimate of drug-likeness (QED) is 0.353. The van der Waals surface area contributed by atoms with E-state index in [1.54, 1.807) is 0 Å². The highest BCUT2D eigenvalue weighted by atomic mass is 16.3. The van der Waals surface area contributed by atoms with Crippen molar-refractivity contribution in [1.82, 2.24) is 5.32 Å². The second kappa shape index (κ2) is 3.89. The molecule has 0 aliphatic rings. The second-order valence-corrected chi connectivity index (χ2v) is 1.91. The monoisotopic (exact) mass is 162 g/mol. The minimum absolute atomic E-state index is 0.851. The van der Waals surface area contributed by atoms with Gasteiger partial charge in [0.25, 0.3) is 5.91 Å². The van der Waals surface area contributed by atoms with E-state index in [0.717, 1.165) is 0 Å². The number of carbonyl (C=O) groups is 2. The SMILES string of the molecule is CNC(=O)[C@H](O)[C@@H](O)C(N)=O. The Balaban J connectivity index is 4.12. The van der Waals surface area contributed by atoms with Crippen LogP contribution in [-0.4, -0.2) is 41.3 Å². The molecule has 0 spiro atoms. The summed E-state index contributed by atoms with van der Waals surface area (Å²) in [5, 5.41) is 19.5. The van der Waals surface area contributed by atoms with Gasteiger partial charge in [-0.2, -0.15) is 0 Å². The molecular formula is C5H10N2O4. The molecule has 0 aromatic rings. The molecule has 2 atom stereocenters. The molecule has 0 unspecified atom stereocenters. The largest absolute Gasteiger partial charge is 0.380 e. The first-order valence-electron chi connectivity index (χ1n) is 2.87. The fraction of sp³-hybridized carbons (Fsp3) is 0.600. The summed E-state index contributed by atoms with van der Waals surface area (Å²) in [7, 11) is 1.26. The molecule has 0 radical (unpaired) electrons. The first-order chi connectivity index (χ1) is 5.00. The van der Waals surface area contributed by atoms with Gasteiger partial charge in [-0.25, -0.2) is 0 Å². The van der Waals surface area contributed by atoms with Crippen LogP contribution in [0.3, 0.4) is 0 Å². The number of nitrogens with one attached hydrogen (secondary N) is 1. The Hall–Kier alpha value is -1.14. The van der Waals surface area contributed by atoms with E-state index in [1.807, 2.05) is 5.32 Å². The van der Waals surface area contributed by atoms with Gasteiger partial charge in [0.05, 0.1) is 0 Å². The Morgan fingerprint density at radius 1 is 1.36 bits per heavy atom. The van der Waals surface area contributed by atoms with Crippen molar-refractivity contribution in [3.63, 3.8) is 0 Å². The maximum Gasteiger partial charge on any atom is 0.251 e. The minimum atomic E-state index is -1.85. The first kappa shape index (κ1) is 9.86. The number of likely N-dealkylation sites (N-methyl/N-ethyl adjacent to an activating group) is 1. The molecule has 0 rings (SSSR count). The number of aliphatic hydroxyl groups is 2. The Bertz CT molecular complexity index is 170. The lowest BCUT2D eigenvalue weighted by Gasteiger charge is -2.12. The van der Waals surface area contributed by atoms with Crippen molar-refractivity contribution < 1.29 is 19.8 Å². The molecule has 0 bridgehead atoms. The third-order valence-corrected chi connectivity index (χ3v) is 1.11. The van der Waals surface area contributed by atoms with E-state index in [2.05, 4.69) is 5.73 Å². The predicted molar refractivity (Wildman–Crippen MR) is 35.3 cm³/mol. The van der Waals surface area contributed by atoms with Crippen LogP contribution in [0.1, 0.15) is 0 Å². The third-order valence-electron chi connectivity index (χ3n) is 1.11. The number of aliphatic hydroxyl groups excluding tert-OH is 2. The normalized spacial score (nSPS) is 15.2. The molecular weight excluding hydrogens is 152 g/mol. The van der Waals surface area contributed by atoms with Gasteiger partial charge < -0.3 is 21.3 Å². The summed E-state index contributed by atoms with van der Waals surface area (Å²) >= 11 is 0. The summed E-state index contributed by atoms with van der Waals surface area (Å²) in [5.41, 5.74) is 4.60. The van der Waals surface area contributed by atoms with Crippen LogP contribution in [-0.2, 0) is 9.59 Å². The van der Waals surface area contributed by atoms with Crippen LogP contribution in [0.25, 0.3) is 0 Å². The maximum atomic E-state index is 10.5. The summed E-state index contributed by atoms with van der Waals surface area (Å²) in [6.07, 6.45) is -3.65. The van der Waals surface area contributed by atoms with E-state index in [1.165, 1.54) is 7.05 Å². The van der Waals surface area contributed by atoms with E-state index < -0.39 is 24.0 Å². The van der Waals surface area contributed by atoms with Gasteiger partial charge in [0.15, 0.2) is 12.2 Å². The fourth-order valence-corrected chi connectivity index (χ4v) is 0.447. The molecule has 0 fully saturated rings. The molecule has 6 heteroatoms. The van der Waals surface area contributed by atoms with Crippen LogP contribution < -0.4 is 11.1 Å². The number of carbonyl (C=O) groups excluding carboxylic acids is 2. The van der Waals surface area contributed by atoms with Gasteiger partial charge in [-0.15, -0.1) is 0 Å². The molecule has 0 aliphatic carbocycles. The van der Waals surface area contributed by atoms with Crippen LogP contribution in [0.4, 0.5) is 0 Å². The number of nitrogens with two attached hydrogens (primary N) is 1. The van der Waals surface area contributed by atoms with Crippen LogP contribution in [0.15, 0.2) is 0 Å². The summed E-state index contributed by atoms with van der Waals surface area (Å²) in [4.78, 5) is 20.7. The summed E-state index contributed by atoms with van der Waals surface area (Å²) < 4.78 is 0. The van der Waals surface area contributed by atoms with E-state index in [-0.39, 0.29) is 0 Å². The lowest BCUT2D eigenvalue weighted by molar-refractivity contribution is -0.143. The predicted octanol–water partition coefficient (Wildman–Crippen LogP) is -3.06. The van der Waals surface area contributed by atoms with Crippen molar-refractivity contribution in [3.8, 4) is 0 Å². The third kappa shape index (κ3) is 2.52. The zero-order valence-electron chi connectivity index (χ0n) is 5.94. The van der Waals surface area contributed by atoms with Crippen molar-refractivity contribution in [1.29, 1.82) is 0 Å². The molecule has 0 saturated heterocycles. The highest BCUT2D eigenvalue weighted by Crippen LogP contribution is 1.91. The Labute approximate surface area is 63.0 Å². The number of primary amides is 1. The Morgan fingerprint density at radius 2 is 1.82 bits per heavy atom. The second-order valence-electron chi connectivity index (χ2n) is 1.91. The van der Waals surface area contributed by atoms with Gasteiger partial charge in [0, 0.05) is 7.05 Å². The van der Waals surface area contributed by atoms with Gasteiger partial charge in [-0.05, 0) is 0 Å². The van der Waals surface area contributed by atoms with Crippen LogP contribution in [0.5, 0.6) is 0 Å². The number of hydrogen-bond acceptors (Lipinski definition) is 4. The topological polar surface area (TPSA) is 113 Å². The van der Waals surface area contributed by atoms with Crippen molar-refractivity contribution >= 4 is 11.8 Å². The average Bonchev–Trinajstić information content (AvgIpc) is 2.00. The summed E-state index contributed by atoms with van der Waals surface area (Å²) in [6, 6.07) is 0. The van der Waals surface area contributed by atoms with E-state index >= 15 is 0 Å². The molecule has 0 aromatic carbocycles. The Morgan fingerprint density at radius 3 is 2.09 bits per heavy atom. The lowest BCUT2D eigenvalue weighted by Crippen LogP contribution is -2.47.